The summed E-state index contributed by atoms with van der Waals surface area (Å²) in [5, 5.41) is 0. The molecular weight excluding hydrogens is 384 g/mol. The standard InChI is InChI=1S/C24H50S3/c1-3-5-7-9-10-11-12-13-14-15-16-17-18-19-20-22-24-26-27-25-23-21-8-6-4-2/h3-24H2,1-2H3. The number of rotatable bonds is 24. The number of hydrogen-bond acceptors (Lipinski definition) is 3. The van der Waals surface area contributed by atoms with E-state index in [0.717, 1.165) is 0 Å². The summed E-state index contributed by atoms with van der Waals surface area (Å²) >= 11 is 0. The summed E-state index contributed by atoms with van der Waals surface area (Å²) in [4.78, 5) is 0. The van der Waals surface area contributed by atoms with Crippen molar-refractivity contribution in [3.8, 4) is 0 Å². The predicted octanol–water partition coefficient (Wildman–Crippen LogP) is 10.9. The molecule has 164 valence electrons. The summed E-state index contributed by atoms with van der Waals surface area (Å²) in [7, 11) is 6.19. The maximum absolute atomic E-state index is 2.30. The molecule has 0 amide bonds. The van der Waals surface area contributed by atoms with Crippen molar-refractivity contribution in [1.82, 2.24) is 0 Å². The van der Waals surface area contributed by atoms with Crippen molar-refractivity contribution in [1.29, 1.82) is 0 Å². The van der Waals surface area contributed by atoms with Gasteiger partial charge in [0, 0.05) is 11.5 Å². The van der Waals surface area contributed by atoms with E-state index >= 15 is 0 Å². The van der Waals surface area contributed by atoms with Gasteiger partial charge >= 0.3 is 0 Å². The summed E-state index contributed by atoms with van der Waals surface area (Å²) in [6.45, 7) is 4.59. The summed E-state index contributed by atoms with van der Waals surface area (Å²) in [5.74, 6) is 2.70. The molecule has 0 aromatic carbocycles. The van der Waals surface area contributed by atoms with Crippen LogP contribution in [-0.4, -0.2) is 11.5 Å². The fourth-order valence-electron chi connectivity index (χ4n) is 3.40. The zero-order valence-electron chi connectivity index (χ0n) is 18.8. The Hall–Kier alpha value is 1.05. The van der Waals surface area contributed by atoms with Crippen LogP contribution in [0.2, 0.25) is 0 Å². The first-order valence-corrected chi connectivity index (χ1v) is 16.1. The lowest BCUT2D eigenvalue weighted by Gasteiger charge is -2.04. The average Bonchev–Trinajstić information content (AvgIpc) is 2.68. The van der Waals surface area contributed by atoms with E-state index < -0.39 is 0 Å². The molecule has 0 nitrogen and oxygen atoms in total. The molecular formula is C24H50S3. The van der Waals surface area contributed by atoms with Gasteiger partial charge in [0.1, 0.15) is 0 Å². The van der Waals surface area contributed by atoms with Gasteiger partial charge in [0.25, 0.3) is 0 Å². The summed E-state index contributed by atoms with van der Waals surface area (Å²) < 4.78 is 0. The van der Waals surface area contributed by atoms with Gasteiger partial charge in [-0.05, 0) is 22.7 Å². The zero-order valence-corrected chi connectivity index (χ0v) is 21.2. The molecule has 3 heteroatoms. The van der Waals surface area contributed by atoms with Crippen molar-refractivity contribution < 1.29 is 0 Å². The fraction of sp³-hybridized carbons (Fsp3) is 1.00. The summed E-state index contributed by atoms with van der Waals surface area (Å²) in [6.07, 6.45) is 29.0. The molecule has 0 spiro atoms. The highest BCUT2D eigenvalue weighted by Crippen LogP contribution is 2.35. The predicted molar refractivity (Wildman–Crippen MR) is 136 cm³/mol. The third-order valence-corrected chi connectivity index (χ3v) is 9.67. The Bertz CT molecular complexity index is 222. The summed E-state index contributed by atoms with van der Waals surface area (Å²) in [6, 6.07) is 0. The Morgan fingerprint density at radius 3 is 0.926 bits per heavy atom. The van der Waals surface area contributed by atoms with Crippen LogP contribution in [0.3, 0.4) is 0 Å². The minimum Gasteiger partial charge on any atom is -0.0826 e. The fourth-order valence-corrected chi connectivity index (χ4v) is 7.40. The first kappa shape index (κ1) is 28.1. The van der Waals surface area contributed by atoms with Crippen LogP contribution in [0, 0.1) is 0 Å². The molecule has 0 fully saturated rings. The first-order chi connectivity index (χ1) is 13.4. The molecule has 0 rings (SSSR count). The Kier molecular flexibility index (Phi) is 28.1. The highest BCUT2D eigenvalue weighted by atomic mass is 33.5. The molecule has 0 radical (unpaired) electrons. The maximum atomic E-state index is 2.30. The second-order valence-corrected chi connectivity index (χ2v) is 12.5. The molecule has 0 N–H and O–H groups in total. The van der Waals surface area contributed by atoms with Crippen LogP contribution in [-0.2, 0) is 0 Å². The van der Waals surface area contributed by atoms with Gasteiger partial charge in [0.15, 0.2) is 0 Å². The van der Waals surface area contributed by atoms with Gasteiger partial charge in [-0.25, -0.2) is 0 Å². The molecule has 0 aliphatic carbocycles. The zero-order chi connectivity index (χ0) is 19.7. The van der Waals surface area contributed by atoms with Gasteiger partial charge in [0.2, 0.25) is 0 Å². The van der Waals surface area contributed by atoms with Gasteiger partial charge in [-0.15, -0.1) is 0 Å². The van der Waals surface area contributed by atoms with Crippen LogP contribution in [0.25, 0.3) is 0 Å². The highest BCUT2D eigenvalue weighted by molar-refractivity contribution is 9.09. The van der Waals surface area contributed by atoms with Crippen molar-refractivity contribution in [2.75, 3.05) is 11.5 Å². The third kappa shape index (κ3) is 27.1. The van der Waals surface area contributed by atoms with E-state index in [1.807, 2.05) is 9.83 Å². The van der Waals surface area contributed by atoms with E-state index in [1.165, 1.54) is 140 Å². The molecule has 0 saturated carbocycles. The van der Waals surface area contributed by atoms with Gasteiger partial charge in [-0.3, -0.25) is 0 Å². The van der Waals surface area contributed by atoms with E-state index in [1.54, 1.807) is 0 Å². The van der Waals surface area contributed by atoms with Gasteiger partial charge < -0.3 is 0 Å². The smallest absolute Gasteiger partial charge is 0.00451 e. The minimum absolute atomic E-state index is 1.34. The molecule has 0 atom stereocenters. The number of hydrogen-bond donors (Lipinski definition) is 0. The van der Waals surface area contributed by atoms with E-state index in [-0.39, 0.29) is 0 Å². The lowest BCUT2D eigenvalue weighted by Crippen LogP contribution is -1.84. The molecule has 0 aromatic heterocycles. The van der Waals surface area contributed by atoms with Crippen LogP contribution in [0.15, 0.2) is 0 Å². The second kappa shape index (κ2) is 27.0. The van der Waals surface area contributed by atoms with Crippen molar-refractivity contribution in [2.45, 2.75) is 142 Å². The normalized spacial score (nSPS) is 11.3. The minimum atomic E-state index is 1.34. The van der Waals surface area contributed by atoms with Gasteiger partial charge in [-0.1, -0.05) is 151 Å². The van der Waals surface area contributed by atoms with Crippen molar-refractivity contribution >= 4 is 31.4 Å². The molecule has 0 bridgehead atoms. The van der Waals surface area contributed by atoms with E-state index in [2.05, 4.69) is 35.4 Å². The second-order valence-electron chi connectivity index (χ2n) is 8.08. The third-order valence-electron chi connectivity index (χ3n) is 5.26. The van der Waals surface area contributed by atoms with Crippen LogP contribution >= 0.6 is 31.4 Å². The van der Waals surface area contributed by atoms with Crippen molar-refractivity contribution in [3.63, 3.8) is 0 Å². The lowest BCUT2D eigenvalue weighted by molar-refractivity contribution is 0.532. The van der Waals surface area contributed by atoms with Crippen LogP contribution in [0.1, 0.15) is 142 Å². The van der Waals surface area contributed by atoms with Gasteiger partial charge in [0.05, 0.1) is 0 Å². The lowest BCUT2D eigenvalue weighted by atomic mass is 10.0. The Balaban J connectivity index is 2.95. The maximum Gasteiger partial charge on any atom is 0.00451 e. The van der Waals surface area contributed by atoms with Crippen molar-refractivity contribution in [2.24, 2.45) is 0 Å². The van der Waals surface area contributed by atoms with Crippen LogP contribution in [0.5, 0.6) is 0 Å². The Morgan fingerprint density at radius 1 is 0.333 bits per heavy atom. The molecule has 0 aromatic rings. The highest BCUT2D eigenvalue weighted by Gasteiger charge is 1.96. The molecule has 0 saturated heterocycles. The van der Waals surface area contributed by atoms with E-state index in [0.29, 0.717) is 0 Å². The number of unbranched alkanes of at least 4 members (excludes halogenated alkanes) is 18. The first-order valence-electron chi connectivity index (χ1n) is 12.3. The molecule has 0 heterocycles. The SMILES string of the molecule is CCCCCCCCCCCCCCCCCCSSSCCCCCC. The van der Waals surface area contributed by atoms with E-state index in [4.69, 9.17) is 0 Å². The summed E-state index contributed by atoms with van der Waals surface area (Å²) in [5.41, 5.74) is 0. The quantitative estimate of drug-likeness (QED) is 0.109. The molecule has 0 aliphatic heterocycles. The molecule has 0 aliphatic rings. The average molecular weight is 435 g/mol. The molecule has 0 unspecified atom stereocenters. The molecule has 27 heavy (non-hydrogen) atoms. The van der Waals surface area contributed by atoms with Gasteiger partial charge in [-0.2, -0.15) is 0 Å². The van der Waals surface area contributed by atoms with Crippen LogP contribution in [0.4, 0.5) is 0 Å². The Labute approximate surface area is 184 Å². The topological polar surface area (TPSA) is 0 Å². The van der Waals surface area contributed by atoms with Crippen molar-refractivity contribution in [3.05, 3.63) is 0 Å². The van der Waals surface area contributed by atoms with Crippen LogP contribution < -0.4 is 0 Å². The Morgan fingerprint density at radius 2 is 0.593 bits per heavy atom. The van der Waals surface area contributed by atoms with E-state index in [9.17, 15) is 0 Å². The monoisotopic (exact) mass is 434 g/mol. The largest absolute Gasteiger partial charge is 0.0826 e.